The first-order chi connectivity index (χ1) is 9.46. The van der Waals surface area contributed by atoms with Crippen LogP contribution in [0.3, 0.4) is 0 Å². The van der Waals surface area contributed by atoms with Gasteiger partial charge in [0.05, 0.1) is 14.2 Å². The summed E-state index contributed by atoms with van der Waals surface area (Å²) in [4.78, 5) is 36.2. The highest BCUT2D eigenvalue weighted by atomic mass is 16.5. The van der Waals surface area contributed by atoms with Gasteiger partial charge in [0.2, 0.25) is 0 Å². The maximum Gasteiger partial charge on any atom is 0.323 e. The molecule has 0 aromatic heterocycles. The van der Waals surface area contributed by atoms with Gasteiger partial charge < -0.3 is 9.47 Å². The van der Waals surface area contributed by atoms with Crippen molar-refractivity contribution in [1.82, 2.24) is 0 Å². The Bertz CT molecular complexity index is 420. The van der Waals surface area contributed by atoms with Crippen LogP contribution in [-0.2, 0) is 23.9 Å². The van der Waals surface area contributed by atoms with E-state index in [9.17, 15) is 14.4 Å². The summed E-state index contributed by atoms with van der Waals surface area (Å²) in [7, 11) is 2.48. The Balaban J connectivity index is 3.23. The average molecular weight is 282 g/mol. The maximum absolute atomic E-state index is 12.1. The molecule has 0 spiro atoms. The van der Waals surface area contributed by atoms with Gasteiger partial charge in [-0.15, -0.1) is 0 Å². The van der Waals surface area contributed by atoms with Crippen molar-refractivity contribution < 1.29 is 23.9 Å². The molecule has 0 aliphatic heterocycles. The summed E-state index contributed by atoms with van der Waals surface area (Å²) in [6.07, 6.45) is 3.40. The van der Waals surface area contributed by atoms with E-state index >= 15 is 0 Å². The number of rotatable bonds is 5. The van der Waals surface area contributed by atoms with Crippen molar-refractivity contribution in [3.05, 3.63) is 11.6 Å². The number of ether oxygens (including phenoxy) is 2. The molecule has 1 aliphatic carbocycles. The number of methoxy groups -OCH3 is 2. The molecule has 1 aliphatic rings. The molecule has 1 rings (SSSR count). The molecule has 1 fully saturated rings. The molecule has 0 radical (unpaired) electrons. The smallest absolute Gasteiger partial charge is 0.323 e. The minimum Gasteiger partial charge on any atom is -0.468 e. The van der Waals surface area contributed by atoms with Gasteiger partial charge in [-0.05, 0) is 19.3 Å². The Labute approximate surface area is 119 Å². The summed E-state index contributed by atoms with van der Waals surface area (Å²) >= 11 is 0. The van der Waals surface area contributed by atoms with Crippen molar-refractivity contribution in [3.63, 3.8) is 0 Å². The first-order valence-electron chi connectivity index (χ1n) is 6.85. The van der Waals surface area contributed by atoms with Gasteiger partial charge in [-0.2, -0.15) is 0 Å². The highest BCUT2D eigenvalue weighted by Crippen LogP contribution is 2.48. The van der Waals surface area contributed by atoms with Crippen LogP contribution >= 0.6 is 0 Å². The molecule has 1 saturated carbocycles. The van der Waals surface area contributed by atoms with Crippen molar-refractivity contribution in [1.29, 1.82) is 0 Å². The largest absolute Gasteiger partial charge is 0.468 e. The van der Waals surface area contributed by atoms with Crippen LogP contribution in [0.15, 0.2) is 11.6 Å². The van der Waals surface area contributed by atoms with Gasteiger partial charge in [0.15, 0.2) is 5.41 Å². The topological polar surface area (TPSA) is 69.7 Å². The minimum absolute atomic E-state index is 0.0411. The first kappa shape index (κ1) is 16.4. The van der Waals surface area contributed by atoms with E-state index < -0.39 is 23.3 Å². The zero-order valence-corrected chi connectivity index (χ0v) is 12.5. The molecule has 20 heavy (non-hydrogen) atoms. The third-order valence-electron chi connectivity index (χ3n) is 3.86. The molecular weight excluding hydrogens is 260 g/mol. The van der Waals surface area contributed by atoms with E-state index in [-0.39, 0.29) is 18.6 Å². The Morgan fingerprint density at radius 1 is 1.20 bits per heavy atom. The highest BCUT2D eigenvalue weighted by Gasteiger charge is 2.56. The van der Waals surface area contributed by atoms with Crippen LogP contribution in [0, 0.1) is 11.3 Å². The van der Waals surface area contributed by atoms with E-state index in [4.69, 9.17) is 9.47 Å². The van der Waals surface area contributed by atoms with Crippen LogP contribution in [0.25, 0.3) is 0 Å². The summed E-state index contributed by atoms with van der Waals surface area (Å²) in [6.45, 7) is 3.74. The van der Waals surface area contributed by atoms with Crippen LogP contribution in [0.1, 0.15) is 39.5 Å². The second-order valence-corrected chi connectivity index (χ2v) is 5.01. The Morgan fingerprint density at radius 3 is 2.15 bits per heavy atom. The van der Waals surface area contributed by atoms with Crippen molar-refractivity contribution in [2.45, 2.75) is 39.5 Å². The molecule has 5 nitrogen and oxygen atoms in total. The monoisotopic (exact) mass is 282 g/mol. The number of esters is 2. The van der Waals surface area contributed by atoms with E-state index in [0.29, 0.717) is 6.42 Å². The van der Waals surface area contributed by atoms with Gasteiger partial charge in [0.25, 0.3) is 0 Å². The fourth-order valence-corrected chi connectivity index (χ4v) is 2.85. The summed E-state index contributed by atoms with van der Waals surface area (Å²) in [5.74, 6) is -1.60. The van der Waals surface area contributed by atoms with Crippen LogP contribution in [0.2, 0.25) is 0 Å². The molecule has 0 aromatic carbocycles. The number of carbonyl (C=O) groups excluding carboxylic acids is 3. The summed E-state index contributed by atoms with van der Waals surface area (Å²) < 4.78 is 9.54. The zero-order valence-electron chi connectivity index (χ0n) is 12.5. The molecule has 0 amide bonds. The summed E-state index contributed by atoms with van der Waals surface area (Å²) in [6, 6.07) is 0. The van der Waals surface area contributed by atoms with E-state index in [0.717, 1.165) is 12.0 Å². The lowest BCUT2D eigenvalue weighted by Crippen LogP contribution is -2.39. The predicted molar refractivity (Wildman–Crippen MR) is 72.9 cm³/mol. The van der Waals surface area contributed by atoms with E-state index in [1.54, 1.807) is 6.92 Å². The van der Waals surface area contributed by atoms with Crippen LogP contribution < -0.4 is 0 Å². The molecule has 0 saturated heterocycles. The second kappa shape index (κ2) is 6.68. The molecule has 5 heteroatoms. The number of carbonyl (C=O) groups is 3. The Hall–Kier alpha value is -1.65. The number of hydrogen-bond donors (Lipinski definition) is 0. The predicted octanol–water partition coefficient (Wildman–Crippen LogP) is 2.04. The molecule has 0 bridgehead atoms. The SMILES string of the molecule is CC/C=C1/CC(C(=O)OC)(C(=O)OC)CC1C(=O)CC. The third-order valence-corrected chi connectivity index (χ3v) is 3.86. The lowest BCUT2D eigenvalue weighted by molar-refractivity contribution is -0.168. The molecular formula is C15H22O5. The van der Waals surface area contributed by atoms with Gasteiger partial charge in [-0.25, -0.2) is 0 Å². The number of hydrogen-bond acceptors (Lipinski definition) is 5. The van der Waals surface area contributed by atoms with Crippen molar-refractivity contribution in [3.8, 4) is 0 Å². The minimum atomic E-state index is -1.37. The number of Topliss-reactive ketones (excluding diaryl/α,β-unsaturated/α-hetero) is 1. The highest BCUT2D eigenvalue weighted by molar-refractivity contribution is 6.02. The summed E-state index contributed by atoms with van der Waals surface area (Å²) in [5, 5.41) is 0. The van der Waals surface area contributed by atoms with Gasteiger partial charge in [0.1, 0.15) is 5.78 Å². The number of allylic oxidation sites excluding steroid dienone is 2. The quantitative estimate of drug-likeness (QED) is 0.438. The standard InChI is InChI=1S/C15H22O5/c1-5-7-10-8-15(13(17)19-3,14(18)20-4)9-11(10)12(16)6-2/h7,11H,5-6,8-9H2,1-4H3/b10-7-. The molecule has 112 valence electrons. The second-order valence-electron chi connectivity index (χ2n) is 5.01. The normalized spacial score (nSPS) is 22.6. The van der Waals surface area contributed by atoms with Gasteiger partial charge in [-0.1, -0.05) is 25.5 Å². The molecule has 0 heterocycles. The average Bonchev–Trinajstić information content (AvgIpc) is 2.85. The van der Waals surface area contributed by atoms with E-state index in [2.05, 4.69) is 0 Å². The Kier molecular flexibility index (Phi) is 5.48. The molecule has 0 aromatic rings. The zero-order chi connectivity index (χ0) is 15.3. The van der Waals surface area contributed by atoms with Crippen molar-refractivity contribution in [2.24, 2.45) is 11.3 Å². The number of ketones is 1. The van der Waals surface area contributed by atoms with Crippen molar-refractivity contribution >= 4 is 17.7 Å². The maximum atomic E-state index is 12.1. The first-order valence-corrected chi connectivity index (χ1v) is 6.85. The lowest BCUT2D eigenvalue weighted by atomic mass is 9.84. The van der Waals surface area contributed by atoms with Crippen molar-refractivity contribution in [2.75, 3.05) is 14.2 Å². The Morgan fingerprint density at radius 2 is 1.75 bits per heavy atom. The van der Waals surface area contributed by atoms with E-state index in [1.807, 2.05) is 13.0 Å². The van der Waals surface area contributed by atoms with Gasteiger partial charge in [0, 0.05) is 12.3 Å². The lowest BCUT2D eigenvalue weighted by Gasteiger charge is -2.22. The van der Waals surface area contributed by atoms with E-state index in [1.165, 1.54) is 14.2 Å². The van der Waals surface area contributed by atoms with Gasteiger partial charge >= 0.3 is 11.9 Å². The van der Waals surface area contributed by atoms with Crippen LogP contribution in [0.4, 0.5) is 0 Å². The van der Waals surface area contributed by atoms with Gasteiger partial charge in [-0.3, -0.25) is 14.4 Å². The fourth-order valence-electron chi connectivity index (χ4n) is 2.85. The molecule has 1 unspecified atom stereocenters. The fraction of sp³-hybridized carbons (Fsp3) is 0.667. The third kappa shape index (κ3) is 2.76. The van der Waals surface area contributed by atoms with Crippen LogP contribution in [0.5, 0.6) is 0 Å². The van der Waals surface area contributed by atoms with Crippen LogP contribution in [-0.4, -0.2) is 31.9 Å². The molecule has 0 N–H and O–H groups in total. The summed E-state index contributed by atoms with van der Waals surface area (Å²) in [5.41, 5.74) is -0.532. The molecule has 1 atom stereocenters.